The summed E-state index contributed by atoms with van der Waals surface area (Å²) in [5.41, 5.74) is 0.859. The van der Waals surface area contributed by atoms with Crippen LogP contribution < -0.4 is 0 Å². The Bertz CT molecular complexity index is 445. The van der Waals surface area contributed by atoms with Gasteiger partial charge in [-0.2, -0.15) is 0 Å². The minimum Gasteiger partial charge on any atom is -0.481 e. The van der Waals surface area contributed by atoms with Gasteiger partial charge in [0.1, 0.15) is 0 Å². The first-order chi connectivity index (χ1) is 8.13. The molecule has 1 aliphatic heterocycles. The van der Waals surface area contributed by atoms with Gasteiger partial charge in [-0.05, 0) is 24.8 Å². The van der Waals surface area contributed by atoms with Crippen LogP contribution >= 0.6 is 0 Å². The molecule has 1 aromatic rings. The van der Waals surface area contributed by atoms with Crippen LogP contribution in [0.15, 0.2) is 30.3 Å². The summed E-state index contributed by atoms with van der Waals surface area (Å²) < 4.78 is 0. The zero-order chi connectivity index (χ0) is 12.0. The molecule has 1 heterocycles. The van der Waals surface area contributed by atoms with E-state index in [4.69, 9.17) is 0 Å². The van der Waals surface area contributed by atoms with Gasteiger partial charge < -0.3 is 5.11 Å². The van der Waals surface area contributed by atoms with E-state index < -0.39 is 11.4 Å². The van der Waals surface area contributed by atoms with Gasteiger partial charge in [-0.15, -0.1) is 0 Å². The number of carboxylic acids is 1. The van der Waals surface area contributed by atoms with Crippen LogP contribution in [0, 0.1) is 11.3 Å². The van der Waals surface area contributed by atoms with Gasteiger partial charge in [0.2, 0.25) is 0 Å². The summed E-state index contributed by atoms with van der Waals surface area (Å²) in [6.45, 7) is 3.81. The largest absolute Gasteiger partial charge is 0.481 e. The Kier molecular flexibility index (Phi) is 2.26. The molecule has 1 aliphatic carbocycles. The minimum absolute atomic E-state index is 0.320. The number of carbonyl (C=O) groups is 1. The van der Waals surface area contributed by atoms with E-state index in [0.29, 0.717) is 18.5 Å². The Labute approximate surface area is 101 Å². The fraction of sp³-hybridized carbons (Fsp3) is 0.500. The molecule has 90 valence electrons. The zero-order valence-electron chi connectivity index (χ0n) is 9.97. The number of fused-ring (bicyclic) bond motifs is 1. The first kappa shape index (κ1) is 10.8. The van der Waals surface area contributed by atoms with Crippen molar-refractivity contribution in [1.29, 1.82) is 0 Å². The summed E-state index contributed by atoms with van der Waals surface area (Å²) in [6, 6.07) is 10.6. The standard InChI is InChI=1S/C14H17NO2/c1-10(11-5-3-2-4-6-11)15-8-12-7-14(12,9-15)13(16)17/h2-6,10,12H,7-9H2,1H3,(H,16,17)/t10-,12?,14?/m0/s1. The summed E-state index contributed by atoms with van der Waals surface area (Å²) in [7, 11) is 0. The summed E-state index contributed by atoms with van der Waals surface area (Å²) >= 11 is 0. The van der Waals surface area contributed by atoms with Crippen LogP contribution in [-0.4, -0.2) is 29.1 Å². The second-order valence-corrected chi connectivity index (χ2v) is 5.38. The van der Waals surface area contributed by atoms with E-state index in [0.717, 1.165) is 13.0 Å². The number of carboxylic acid groups (broad SMARTS) is 1. The van der Waals surface area contributed by atoms with Crippen molar-refractivity contribution in [1.82, 2.24) is 4.90 Å². The number of likely N-dealkylation sites (tertiary alicyclic amines) is 1. The summed E-state index contributed by atoms with van der Waals surface area (Å²) in [5.74, 6) is -0.226. The number of aliphatic carboxylic acids is 1. The SMILES string of the molecule is C[C@@H](c1ccccc1)N1CC2CC2(C(=O)O)C1. The van der Waals surface area contributed by atoms with E-state index in [-0.39, 0.29) is 0 Å². The average Bonchev–Trinajstić information content (AvgIpc) is 2.93. The molecule has 1 N–H and O–H groups in total. The minimum atomic E-state index is -0.606. The Balaban J connectivity index is 1.74. The number of piperidine rings is 1. The third-order valence-corrected chi connectivity index (χ3v) is 4.43. The van der Waals surface area contributed by atoms with Gasteiger partial charge in [-0.3, -0.25) is 9.69 Å². The predicted octanol–water partition coefficient (Wildman–Crippen LogP) is 2.15. The van der Waals surface area contributed by atoms with Crippen molar-refractivity contribution >= 4 is 5.97 Å². The van der Waals surface area contributed by atoms with Gasteiger partial charge in [0.15, 0.2) is 0 Å². The molecule has 0 aromatic heterocycles. The van der Waals surface area contributed by atoms with E-state index in [1.54, 1.807) is 0 Å². The normalized spacial score (nSPS) is 33.1. The van der Waals surface area contributed by atoms with E-state index in [9.17, 15) is 9.90 Å². The molecular weight excluding hydrogens is 214 g/mol. The molecule has 1 saturated heterocycles. The molecular formula is C14H17NO2. The highest BCUT2D eigenvalue weighted by atomic mass is 16.4. The van der Waals surface area contributed by atoms with Gasteiger partial charge >= 0.3 is 5.97 Å². The molecule has 0 amide bonds. The van der Waals surface area contributed by atoms with Crippen molar-refractivity contribution in [2.24, 2.45) is 11.3 Å². The molecule has 1 saturated carbocycles. The highest BCUT2D eigenvalue weighted by Crippen LogP contribution is 2.59. The molecule has 1 aromatic carbocycles. The lowest BCUT2D eigenvalue weighted by atomic mass is 10.1. The lowest BCUT2D eigenvalue weighted by molar-refractivity contribution is -0.143. The second kappa shape index (κ2) is 3.57. The second-order valence-electron chi connectivity index (χ2n) is 5.38. The van der Waals surface area contributed by atoms with Crippen LogP contribution in [0.25, 0.3) is 0 Å². The van der Waals surface area contributed by atoms with Crippen LogP contribution in [0.5, 0.6) is 0 Å². The fourth-order valence-corrected chi connectivity index (χ4v) is 3.09. The smallest absolute Gasteiger partial charge is 0.311 e. The molecule has 2 unspecified atom stereocenters. The Hall–Kier alpha value is -1.35. The van der Waals surface area contributed by atoms with Crippen molar-refractivity contribution < 1.29 is 9.90 Å². The summed E-state index contributed by atoms with van der Waals surface area (Å²) in [4.78, 5) is 13.5. The predicted molar refractivity (Wildman–Crippen MR) is 64.6 cm³/mol. The number of hydrogen-bond acceptors (Lipinski definition) is 2. The molecule has 0 radical (unpaired) electrons. The number of benzene rings is 1. The summed E-state index contributed by atoms with van der Waals surface area (Å²) in [6.07, 6.45) is 0.875. The van der Waals surface area contributed by atoms with Gasteiger partial charge in [-0.25, -0.2) is 0 Å². The maximum absolute atomic E-state index is 11.2. The van der Waals surface area contributed by atoms with Gasteiger partial charge in [0.05, 0.1) is 5.41 Å². The van der Waals surface area contributed by atoms with E-state index >= 15 is 0 Å². The van der Waals surface area contributed by atoms with Crippen molar-refractivity contribution in [3.05, 3.63) is 35.9 Å². The first-order valence-corrected chi connectivity index (χ1v) is 6.16. The molecule has 0 spiro atoms. The molecule has 3 nitrogen and oxygen atoms in total. The maximum atomic E-state index is 11.2. The highest BCUT2D eigenvalue weighted by molar-refractivity contribution is 5.79. The van der Waals surface area contributed by atoms with Gasteiger partial charge in [0.25, 0.3) is 0 Å². The van der Waals surface area contributed by atoms with Gasteiger partial charge in [0, 0.05) is 19.1 Å². The van der Waals surface area contributed by atoms with E-state index in [2.05, 4.69) is 24.0 Å². The van der Waals surface area contributed by atoms with Crippen LogP contribution in [0.2, 0.25) is 0 Å². The molecule has 17 heavy (non-hydrogen) atoms. The zero-order valence-corrected chi connectivity index (χ0v) is 9.97. The number of rotatable bonds is 3. The average molecular weight is 231 g/mol. The van der Waals surface area contributed by atoms with Crippen molar-refractivity contribution in [2.45, 2.75) is 19.4 Å². The first-order valence-electron chi connectivity index (χ1n) is 6.16. The van der Waals surface area contributed by atoms with E-state index in [1.807, 2.05) is 18.2 Å². The van der Waals surface area contributed by atoms with Crippen LogP contribution in [0.3, 0.4) is 0 Å². The fourth-order valence-electron chi connectivity index (χ4n) is 3.09. The lowest BCUT2D eigenvalue weighted by Gasteiger charge is -2.26. The highest BCUT2D eigenvalue weighted by Gasteiger charge is 2.65. The van der Waals surface area contributed by atoms with Crippen molar-refractivity contribution in [3.63, 3.8) is 0 Å². The summed E-state index contributed by atoms with van der Waals surface area (Å²) in [5, 5.41) is 9.26. The Morgan fingerprint density at radius 1 is 1.47 bits per heavy atom. The Morgan fingerprint density at radius 2 is 2.18 bits per heavy atom. The van der Waals surface area contributed by atoms with Crippen LogP contribution in [0.1, 0.15) is 24.9 Å². The number of hydrogen-bond donors (Lipinski definition) is 1. The topological polar surface area (TPSA) is 40.5 Å². The molecule has 0 bridgehead atoms. The molecule has 2 fully saturated rings. The molecule has 2 aliphatic rings. The van der Waals surface area contributed by atoms with Crippen molar-refractivity contribution in [3.8, 4) is 0 Å². The van der Waals surface area contributed by atoms with E-state index in [1.165, 1.54) is 5.56 Å². The van der Waals surface area contributed by atoms with Crippen LogP contribution in [-0.2, 0) is 4.79 Å². The lowest BCUT2D eigenvalue weighted by Crippen LogP contribution is -2.30. The molecule has 3 atom stereocenters. The third kappa shape index (κ3) is 1.57. The number of nitrogens with zero attached hydrogens (tertiary/aromatic N) is 1. The quantitative estimate of drug-likeness (QED) is 0.866. The maximum Gasteiger partial charge on any atom is 0.311 e. The molecule has 3 heteroatoms. The van der Waals surface area contributed by atoms with Crippen molar-refractivity contribution in [2.75, 3.05) is 13.1 Å². The molecule has 3 rings (SSSR count). The van der Waals surface area contributed by atoms with Gasteiger partial charge in [-0.1, -0.05) is 30.3 Å². The monoisotopic (exact) mass is 231 g/mol. The van der Waals surface area contributed by atoms with Crippen LogP contribution in [0.4, 0.5) is 0 Å². The third-order valence-electron chi connectivity index (χ3n) is 4.43. The Morgan fingerprint density at radius 3 is 2.76 bits per heavy atom.